The molecule has 0 unspecified atom stereocenters. The van der Waals surface area contributed by atoms with E-state index < -0.39 is 6.36 Å². The second-order valence-corrected chi connectivity index (χ2v) is 9.52. The zero-order valence-electron chi connectivity index (χ0n) is 16.9. The van der Waals surface area contributed by atoms with Crippen molar-refractivity contribution in [2.75, 3.05) is 11.1 Å². The molecule has 2 heterocycles. The largest absolute Gasteiger partial charge is 0.573 e. The van der Waals surface area contributed by atoms with Crippen molar-refractivity contribution in [2.24, 2.45) is 0 Å². The van der Waals surface area contributed by atoms with Crippen LogP contribution in [0.3, 0.4) is 0 Å². The summed E-state index contributed by atoms with van der Waals surface area (Å²) in [5, 5.41) is 3.36. The average Bonchev–Trinajstić information content (AvgIpc) is 3.10. The first-order valence-corrected chi connectivity index (χ1v) is 12.0. The van der Waals surface area contributed by atoms with E-state index in [1.165, 1.54) is 28.8 Å². The minimum Gasteiger partial charge on any atom is -0.406 e. The molecular weight excluding hydrogens is 463 g/mol. The Morgan fingerprint density at radius 2 is 1.97 bits per heavy atom. The normalized spacial score (nSPS) is 13.7. The molecule has 3 aromatic rings. The Morgan fingerprint density at radius 1 is 1.22 bits per heavy atom. The van der Waals surface area contributed by atoms with Gasteiger partial charge in [0.15, 0.2) is 0 Å². The second-order valence-electron chi connectivity index (χ2n) is 7.33. The number of thiophene rings is 1. The number of nitrogens with zero attached hydrogens (tertiary/aromatic N) is 1. The van der Waals surface area contributed by atoms with E-state index in [1.807, 2.05) is 0 Å². The number of nitrogens with one attached hydrogen (secondary N) is 2. The summed E-state index contributed by atoms with van der Waals surface area (Å²) in [4.78, 5) is 34.1. The molecule has 1 aromatic carbocycles. The van der Waals surface area contributed by atoms with Crippen LogP contribution < -0.4 is 15.6 Å². The predicted molar refractivity (Wildman–Crippen MR) is 119 cm³/mol. The summed E-state index contributed by atoms with van der Waals surface area (Å²) >= 11 is 3.07. The highest BCUT2D eigenvalue weighted by atomic mass is 32.2. The minimum atomic E-state index is -4.76. The molecule has 11 heteroatoms. The van der Waals surface area contributed by atoms with Crippen LogP contribution >= 0.6 is 23.1 Å². The molecule has 1 aliphatic rings. The molecule has 170 valence electrons. The number of benzene rings is 1. The van der Waals surface area contributed by atoms with E-state index in [9.17, 15) is 22.8 Å². The fourth-order valence-electron chi connectivity index (χ4n) is 3.57. The van der Waals surface area contributed by atoms with Crippen LogP contribution in [0.4, 0.5) is 18.9 Å². The number of carbonyl (C=O) groups is 1. The number of aromatic nitrogens is 2. The standard InChI is InChI=1S/C21H20F3N3O3S2/c22-21(23,24)30-13-7-5-12(6-8-13)25-17(28)9-10-31-11-16-26-19(29)18-14-3-1-2-4-15(14)32-20(18)27-16/h5-8H,1-4,9-11H2,(H,25,28)(H,26,27,29). The van der Waals surface area contributed by atoms with Crippen molar-refractivity contribution >= 4 is 44.9 Å². The number of carbonyl (C=O) groups excluding carboxylic acids is 1. The topological polar surface area (TPSA) is 84.1 Å². The van der Waals surface area contributed by atoms with Gasteiger partial charge in [0.25, 0.3) is 5.56 Å². The summed E-state index contributed by atoms with van der Waals surface area (Å²) in [5.74, 6) is 0.960. The molecule has 4 rings (SSSR count). The van der Waals surface area contributed by atoms with Crippen molar-refractivity contribution in [1.29, 1.82) is 0 Å². The van der Waals surface area contributed by atoms with Crippen LogP contribution in [0.1, 0.15) is 35.5 Å². The Balaban J connectivity index is 1.26. The minimum absolute atomic E-state index is 0.0966. The Kier molecular flexibility index (Phi) is 6.75. The second kappa shape index (κ2) is 9.53. The first-order valence-electron chi connectivity index (χ1n) is 10.1. The van der Waals surface area contributed by atoms with Crippen molar-refractivity contribution in [3.63, 3.8) is 0 Å². The maximum absolute atomic E-state index is 12.5. The van der Waals surface area contributed by atoms with Crippen LogP contribution in [0.25, 0.3) is 10.2 Å². The number of hydrogen-bond donors (Lipinski definition) is 2. The summed E-state index contributed by atoms with van der Waals surface area (Å²) in [5.41, 5.74) is 1.44. The highest BCUT2D eigenvalue weighted by molar-refractivity contribution is 7.98. The molecule has 6 nitrogen and oxygen atoms in total. The van der Waals surface area contributed by atoms with Crippen LogP contribution in [0.5, 0.6) is 5.75 Å². The fourth-order valence-corrected chi connectivity index (χ4v) is 5.66. The molecule has 2 aromatic heterocycles. The number of ether oxygens (including phenoxy) is 1. The summed E-state index contributed by atoms with van der Waals surface area (Å²) in [7, 11) is 0. The molecule has 32 heavy (non-hydrogen) atoms. The molecule has 0 aliphatic heterocycles. The predicted octanol–water partition coefficient (Wildman–Crippen LogP) is 5.02. The molecule has 1 aliphatic carbocycles. The fraction of sp³-hybridized carbons (Fsp3) is 0.381. The third-order valence-corrected chi connectivity index (χ3v) is 7.11. The molecule has 1 amide bonds. The van der Waals surface area contributed by atoms with Crippen LogP contribution in [0, 0.1) is 0 Å². The van der Waals surface area contributed by atoms with Crippen molar-refractivity contribution < 1.29 is 22.7 Å². The number of aryl methyl sites for hydroxylation is 2. The highest BCUT2D eigenvalue weighted by Gasteiger charge is 2.31. The molecule has 0 radical (unpaired) electrons. The SMILES string of the molecule is O=C(CCSCc1nc2sc3c(c2c(=O)[nH]1)CCCC3)Nc1ccc(OC(F)(F)F)cc1. The lowest BCUT2D eigenvalue weighted by atomic mass is 9.97. The third-order valence-electron chi connectivity index (χ3n) is 4.96. The first-order chi connectivity index (χ1) is 15.3. The zero-order valence-corrected chi connectivity index (χ0v) is 18.5. The lowest BCUT2D eigenvalue weighted by molar-refractivity contribution is -0.274. The molecular formula is C21H20F3N3O3S2. The number of H-pyrrole nitrogens is 1. The monoisotopic (exact) mass is 483 g/mol. The summed E-state index contributed by atoms with van der Waals surface area (Å²) in [6.45, 7) is 0. The van der Waals surface area contributed by atoms with Gasteiger partial charge in [-0.1, -0.05) is 0 Å². The smallest absolute Gasteiger partial charge is 0.406 e. The zero-order chi connectivity index (χ0) is 22.7. The van der Waals surface area contributed by atoms with Gasteiger partial charge in [-0.05, 0) is 55.5 Å². The Hall–Kier alpha value is -2.53. The summed E-state index contributed by atoms with van der Waals surface area (Å²) < 4.78 is 40.3. The van der Waals surface area contributed by atoms with Gasteiger partial charge < -0.3 is 15.0 Å². The Morgan fingerprint density at radius 3 is 2.72 bits per heavy atom. The Bertz CT molecular complexity index is 1170. The van der Waals surface area contributed by atoms with Crippen LogP contribution in [-0.2, 0) is 23.4 Å². The van der Waals surface area contributed by atoms with Gasteiger partial charge in [-0.15, -0.1) is 24.5 Å². The van der Waals surface area contributed by atoms with Crippen LogP contribution in [0.2, 0.25) is 0 Å². The summed E-state index contributed by atoms with van der Waals surface area (Å²) in [6, 6.07) is 4.96. The number of anilines is 1. The first kappa shape index (κ1) is 22.7. The van der Waals surface area contributed by atoms with E-state index in [0.29, 0.717) is 23.0 Å². The summed E-state index contributed by atoms with van der Waals surface area (Å²) in [6.07, 6.45) is -0.356. The van der Waals surface area contributed by atoms with Gasteiger partial charge in [-0.25, -0.2) is 4.98 Å². The maximum Gasteiger partial charge on any atom is 0.573 e. The van der Waals surface area contributed by atoms with E-state index in [1.54, 1.807) is 11.3 Å². The quantitative estimate of drug-likeness (QED) is 0.461. The number of rotatable bonds is 7. The van der Waals surface area contributed by atoms with Gasteiger partial charge in [-0.2, -0.15) is 11.8 Å². The number of alkyl halides is 3. The number of halogens is 3. The molecule has 0 saturated carbocycles. The van der Waals surface area contributed by atoms with Crippen molar-refractivity contribution in [3.05, 3.63) is 50.9 Å². The average molecular weight is 484 g/mol. The molecule has 0 spiro atoms. The van der Waals surface area contributed by atoms with Gasteiger partial charge in [0.2, 0.25) is 5.91 Å². The van der Waals surface area contributed by atoms with Gasteiger partial charge in [-0.3, -0.25) is 9.59 Å². The molecule has 2 N–H and O–H groups in total. The number of aromatic amines is 1. The van der Waals surface area contributed by atoms with Gasteiger partial charge in [0.1, 0.15) is 16.4 Å². The number of fused-ring (bicyclic) bond motifs is 3. The Labute approximate surface area is 189 Å². The van der Waals surface area contributed by atoms with Crippen molar-refractivity contribution in [3.8, 4) is 5.75 Å². The maximum atomic E-state index is 12.5. The van der Waals surface area contributed by atoms with Gasteiger partial charge in [0.05, 0.1) is 11.1 Å². The number of hydrogen-bond acceptors (Lipinski definition) is 6. The van der Waals surface area contributed by atoms with E-state index >= 15 is 0 Å². The van der Waals surface area contributed by atoms with Crippen molar-refractivity contribution in [1.82, 2.24) is 9.97 Å². The highest BCUT2D eigenvalue weighted by Crippen LogP contribution is 2.33. The third kappa shape index (κ3) is 5.63. The molecule has 0 fully saturated rings. The van der Waals surface area contributed by atoms with Crippen LogP contribution in [-0.4, -0.2) is 28.0 Å². The van der Waals surface area contributed by atoms with Crippen molar-refractivity contribution in [2.45, 2.75) is 44.2 Å². The van der Waals surface area contributed by atoms with E-state index in [4.69, 9.17) is 0 Å². The van der Waals surface area contributed by atoms with Gasteiger partial charge in [0, 0.05) is 22.7 Å². The van der Waals surface area contributed by atoms with E-state index in [-0.39, 0.29) is 23.6 Å². The number of amides is 1. The molecule has 0 atom stereocenters. The van der Waals surface area contributed by atoms with Crippen LogP contribution in [0.15, 0.2) is 29.1 Å². The lowest BCUT2D eigenvalue weighted by Gasteiger charge is -2.10. The molecule has 0 saturated heterocycles. The number of thioether (sulfide) groups is 1. The van der Waals surface area contributed by atoms with Gasteiger partial charge >= 0.3 is 6.36 Å². The lowest BCUT2D eigenvalue weighted by Crippen LogP contribution is -2.17. The van der Waals surface area contributed by atoms with E-state index in [0.717, 1.165) is 53.6 Å². The molecule has 0 bridgehead atoms. The van der Waals surface area contributed by atoms with E-state index in [2.05, 4.69) is 20.0 Å².